The molecule has 1 amide bonds. The summed E-state index contributed by atoms with van der Waals surface area (Å²) in [6.07, 6.45) is 2.23. The van der Waals surface area contributed by atoms with E-state index in [9.17, 15) is 4.79 Å². The average molecular weight is 351 g/mol. The molecule has 0 bridgehead atoms. The molecule has 134 valence electrons. The van der Waals surface area contributed by atoms with E-state index in [0.29, 0.717) is 35.7 Å². The molecule has 26 heavy (non-hydrogen) atoms. The number of aromatic amines is 1. The van der Waals surface area contributed by atoms with Gasteiger partial charge in [0.1, 0.15) is 0 Å². The van der Waals surface area contributed by atoms with Crippen LogP contribution in [0.2, 0.25) is 0 Å². The first-order valence-corrected chi connectivity index (χ1v) is 8.31. The van der Waals surface area contributed by atoms with E-state index in [-0.39, 0.29) is 5.91 Å². The third-order valence-corrected chi connectivity index (χ3v) is 4.09. The minimum absolute atomic E-state index is 0.155. The second kappa shape index (κ2) is 8.20. The Morgan fingerprint density at radius 1 is 1.08 bits per heavy atom. The third kappa shape index (κ3) is 3.85. The van der Waals surface area contributed by atoms with Crippen LogP contribution in [0, 0.1) is 0 Å². The van der Waals surface area contributed by atoms with Crippen LogP contribution >= 0.6 is 0 Å². The number of amides is 1. The molecule has 0 saturated carbocycles. The summed E-state index contributed by atoms with van der Waals surface area (Å²) < 4.78 is 10.5. The van der Waals surface area contributed by atoms with Gasteiger partial charge in [0, 0.05) is 12.1 Å². The molecule has 0 saturated heterocycles. The van der Waals surface area contributed by atoms with Crippen molar-refractivity contribution in [1.29, 1.82) is 0 Å². The Morgan fingerprint density at radius 3 is 2.58 bits per heavy atom. The number of carbonyl (C=O) groups is 1. The fourth-order valence-corrected chi connectivity index (χ4v) is 2.73. The molecule has 1 heterocycles. The Bertz CT molecular complexity index is 875. The quantitative estimate of drug-likeness (QED) is 0.686. The Morgan fingerprint density at radius 2 is 1.85 bits per heavy atom. The van der Waals surface area contributed by atoms with Gasteiger partial charge in [-0.2, -0.15) is 5.10 Å². The number of ether oxygens (including phenoxy) is 2. The highest BCUT2D eigenvalue weighted by Crippen LogP contribution is 2.27. The van der Waals surface area contributed by atoms with E-state index < -0.39 is 0 Å². The summed E-state index contributed by atoms with van der Waals surface area (Å²) in [4.78, 5) is 12.5. The maximum Gasteiger partial charge on any atom is 0.255 e. The summed E-state index contributed by atoms with van der Waals surface area (Å²) in [6.45, 7) is 0.508. The van der Waals surface area contributed by atoms with Crippen molar-refractivity contribution >= 4 is 5.91 Å². The van der Waals surface area contributed by atoms with Crippen molar-refractivity contribution in [3.05, 3.63) is 65.9 Å². The van der Waals surface area contributed by atoms with E-state index >= 15 is 0 Å². The van der Waals surface area contributed by atoms with Crippen LogP contribution in [-0.2, 0) is 6.42 Å². The van der Waals surface area contributed by atoms with Crippen LogP contribution in [0.1, 0.15) is 15.9 Å². The summed E-state index contributed by atoms with van der Waals surface area (Å²) in [5.74, 6) is 1.21. The van der Waals surface area contributed by atoms with Gasteiger partial charge < -0.3 is 14.8 Å². The summed E-state index contributed by atoms with van der Waals surface area (Å²) >= 11 is 0. The fraction of sp³-hybridized carbons (Fsp3) is 0.200. The van der Waals surface area contributed by atoms with E-state index in [1.54, 1.807) is 20.4 Å². The van der Waals surface area contributed by atoms with Crippen LogP contribution in [0.5, 0.6) is 11.5 Å². The topological polar surface area (TPSA) is 76.2 Å². The smallest absolute Gasteiger partial charge is 0.255 e. The molecule has 3 aromatic rings. The Balaban J connectivity index is 1.63. The molecule has 6 heteroatoms. The van der Waals surface area contributed by atoms with Crippen molar-refractivity contribution in [1.82, 2.24) is 15.5 Å². The van der Waals surface area contributed by atoms with Crippen LogP contribution in [0.3, 0.4) is 0 Å². The highest BCUT2D eigenvalue weighted by molar-refractivity contribution is 5.99. The monoisotopic (exact) mass is 351 g/mol. The number of carbonyl (C=O) groups excluding carboxylic acids is 1. The minimum atomic E-state index is -0.155. The van der Waals surface area contributed by atoms with Gasteiger partial charge in [0.05, 0.1) is 31.7 Å². The van der Waals surface area contributed by atoms with Crippen LogP contribution < -0.4 is 14.8 Å². The molecule has 0 aliphatic rings. The van der Waals surface area contributed by atoms with Crippen LogP contribution in [0.25, 0.3) is 11.3 Å². The molecule has 2 N–H and O–H groups in total. The molecule has 0 atom stereocenters. The number of rotatable bonds is 7. The number of H-pyrrole nitrogens is 1. The lowest BCUT2D eigenvalue weighted by Crippen LogP contribution is -2.25. The van der Waals surface area contributed by atoms with Gasteiger partial charge in [-0.3, -0.25) is 9.89 Å². The number of hydrogen-bond acceptors (Lipinski definition) is 4. The normalized spacial score (nSPS) is 10.4. The molecule has 0 unspecified atom stereocenters. The standard InChI is InChI=1S/C20H21N3O3/c1-25-17-9-8-14(12-18(17)26-2)10-11-21-20(24)16-13-22-23-19(16)15-6-4-3-5-7-15/h3-9,12-13H,10-11H2,1-2H3,(H,21,24)(H,22,23). The number of aromatic nitrogens is 2. The second-order valence-electron chi connectivity index (χ2n) is 5.72. The van der Waals surface area contributed by atoms with Crippen LogP contribution in [-0.4, -0.2) is 36.9 Å². The molecule has 0 fully saturated rings. The molecule has 3 rings (SSSR count). The first kappa shape index (κ1) is 17.5. The van der Waals surface area contributed by atoms with Gasteiger partial charge in [-0.15, -0.1) is 0 Å². The average Bonchev–Trinajstić information content (AvgIpc) is 3.18. The van der Waals surface area contributed by atoms with Crippen molar-refractivity contribution < 1.29 is 14.3 Å². The molecule has 2 aromatic carbocycles. The number of benzene rings is 2. The number of nitrogens with zero attached hydrogens (tertiary/aromatic N) is 1. The van der Waals surface area contributed by atoms with Gasteiger partial charge >= 0.3 is 0 Å². The van der Waals surface area contributed by atoms with Gasteiger partial charge in [0.15, 0.2) is 11.5 Å². The van der Waals surface area contributed by atoms with E-state index in [1.807, 2.05) is 48.5 Å². The number of hydrogen-bond donors (Lipinski definition) is 2. The number of nitrogens with one attached hydrogen (secondary N) is 2. The molecular weight excluding hydrogens is 330 g/mol. The molecule has 6 nitrogen and oxygen atoms in total. The number of methoxy groups -OCH3 is 2. The van der Waals surface area contributed by atoms with Gasteiger partial charge in [-0.25, -0.2) is 0 Å². The molecule has 0 aliphatic carbocycles. The fourth-order valence-electron chi connectivity index (χ4n) is 2.73. The van der Waals surface area contributed by atoms with E-state index in [0.717, 1.165) is 11.1 Å². The second-order valence-corrected chi connectivity index (χ2v) is 5.72. The summed E-state index contributed by atoms with van der Waals surface area (Å²) in [6, 6.07) is 15.4. The lowest BCUT2D eigenvalue weighted by atomic mass is 10.1. The predicted molar refractivity (Wildman–Crippen MR) is 99.6 cm³/mol. The highest BCUT2D eigenvalue weighted by Gasteiger charge is 2.14. The molecular formula is C20H21N3O3. The lowest BCUT2D eigenvalue weighted by molar-refractivity contribution is 0.0955. The van der Waals surface area contributed by atoms with Crippen molar-refractivity contribution in [2.45, 2.75) is 6.42 Å². The van der Waals surface area contributed by atoms with Crippen LogP contribution in [0.15, 0.2) is 54.7 Å². The van der Waals surface area contributed by atoms with Crippen LogP contribution in [0.4, 0.5) is 0 Å². The van der Waals surface area contributed by atoms with Crippen molar-refractivity contribution in [3.8, 4) is 22.8 Å². The minimum Gasteiger partial charge on any atom is -0.493 e. The Hall–Kier alpha value is -3.28. The largest absolute Gasteiger partial charge is 0.493 e. The van der Waals surface area contributed by atoms with Crippen molar-refractivity contribution in [2.24, 2.45) is 0 Å². The van der Waals surface area contributed by atoms with Gasteiger partial charge in [0.25, 0.3) is 5.91 Å². The first-order valence-electron chi connectivity index (χ1n) is 8.31. The third-order valence-electron chi connectivity index (χ3n) is 4.09. The predicted octanol–water partition coefficient (Wildman–Crippen LogP) is 3.07. The van der Waals surface area contributed by atoms with Gasteiger partial charge in [0.2, 0.25) is 0 Å². The maximum atomic E-state index is 12.5. The highest BCUT2D eigenvalue weighted by atomic mass is 16.5. The molecule has 0 radical (unpaired) electrons. The lowest BCUT2D eigenvalue weighted by Gasteiger charge is -2.10. The molecule has 0 spiro atoms. The Labute approximate surface area is 152 Å². The van der Waals surface area contributed by atoms with E-state index in [4.69, 9.17) is 9.47 Å². The zero-order chi connectivity index (χ0) is 18.4. The van der Waals surface area contributed by atoms with Crippen molar-refractivity contribution in [2.75, 3.05) is 20.8 Å². The van der Waals surface area contributed by atoms with Gasteiger partial charge in [-0.1, -0.05) is 36.4 Å². The summed E-state index contributed by atoms with van der Waals surface area (Å²) in [5, 5.41) is 9.85. The van der Waals surface area contributed by atoms with Gasteiger partial charge in [-0.05, 0) is 24.1 Å². The van der Waals surface area contributed by atoms with Crippen molar-refractivity contribution in [3.63, 3.8) is 0 Å². The summed E-state index contributed by atoms with van der Waals surface area (Å²) in [7, 11) is 3.21. The molecule has 0 aliphatic heterocycles. The SMILES string of the molecule is COc1ccc(CCNC(=O)c2cn[nH]c2-c2ccccc2)cc1OC. The zero-order valence-corrected chi connectivity index (χ0v) is 14.8. The van der Waals surface area contributed by atoms with E-state index in [1.165, 1.54) is 0 Å². The zero-order valence-electron chi connectivity index (χ0n) is 14.8. The maximum absolute atomic E-state index is 12.5. The Kier molecular flexibility index (Phi) is 5.53. The first-order chi connectivity index (χ1) is 12.7. The van der Waals surface area contributed by atoms with E-state index in [2.05, 4.69) is 15.5 Å². The summed E-state index contributed by atoms with van der Waals surface area (Å²) in [5.41, 5.74) is 3.23. The molecule has 1 aromatic heterocycles.